The molecule has 3 heteroatoms. The van der Waals surface area contributed by atoms with Crippen LogP contribution in [0, 0.1) is 0 Å². The number of nitrogens with zero attached hydrogens (tertiary/aromatic N) is 2. The van der Waals surface area contributed by atoms with Gasteiger partial charge in [0.2, 0.25) is 0 Å². The maximum Gasteiger partial charge on any atom is 0.0672 e. The number of hydrogen-bond donors (Lipinski definition) is 1. The van der Waals surface area contributed by atoms with Crippen LogP contribution in [0.25, 0.3) is 0 Å². The van der Waals surface area contributed by atoms with E-state index in [0.29, 0.717) is 6.04 Å². The van der Waals surface area contributed by atoms with E-state index in [1.807, 2.05) is 0 Å². The second-order valence-corrected chi connectivity index (χ2v) is 4.94. The summed E-state index contributed by atoms with van der Waals surface area (Å²) in [6, 6.07) is 0.654. The third-order valence-electron chi connectivity index (χ3n) is 3.90. The average molecular weight is 251 g/mol. The fraction of sp³-hybridized carbons (Fsp3) is 0.800. The number of rotatable bonds is 7. The topological polar surface area (TPSA) is 43.8 Å². The van der Waals surface area contributed by atoms with Gasteiger partial charge in [0.25, 0.3) is 0 Å². The van der Waals surface area contributed by atoms with Gasteiger partial charge in [0.1, 0.15) is 0 Å². The molecule has 1 aromatic rings. The summed E-state index contributed by atoms with van der Waals surface area (Å²) in [5, 5.41) is 4.85. The Morgan fingerprint density at radius 3 is 2.00 bits per heavy atom. The number of nitrogens with two attached hydrogens (primary N) is 1. The zero-order chi connectivity index (χ0) is 13.7. The summed E-state index contributed by atoms with van der Waals surface area (Å²) < 4.78 is 2.25. The molecule has 0 spiro atoms. The quantitative estimate of drug-likeness (QED) is 0.801. The molecule has 0 fully saturated rings. The zero-order valence-electron chi connectivity index (χ0n) is 12.7. The summed E-state index contributed by atoms with van der Waals surface area (Å²) in [6.45, 7) is 11.0. The monoisotopic (exact) mass is 251 g/mol. The van der Waals surface area contributed by atoms with Crippen molar-refractivity contribution >= 4 is 0 Å². The van der Waals surface area contributed by atoms with Crippen molar-refractivity contribution in [3.05, 3.63) is 17.0 Å². The van der Waals surface area contributed by atoms with Gasteiger partial charge in [-0.3, -0.25) is 4.68 Å². The van der Waals surface area contributed by atoms with Crippen LogP contribution in [0.5, 0.6) is 0 Å². The third kappa shape index (κ3) is 2.77. The maximum atomic E-state index is 6.29. The molecule has 1 heterocycles. The van der Waals surface area contributed by atoms with E-state index >= 15 is 0 Å². The first-order valence-electron chi connectivity index (χ1n) is 7.49. The molecule has 2 N–H and O–H groups in total. The first kappa shape index (κ1) is 15.2. The van der Waals surface area contributed by atoms with E-state index < -0.39 is 0 Å². The van der Waals surface area contributed by atoms with E-state index in [2.05, 4.69) is 39.3 Å². The highest BCUT2D eigenvalue weighted by Gasteiger charge is 2.22. The molecule has 0 radical (unpaired) electrons. The molecule has 3 nitrogen and oxygen atoms in total. The van der Waals surface area contributed by atoms with Gasteiger partial charge in [-0.1, -0.05) is 34.6 Å². The molecule has 1 unspecified atom stereocenters. The second-order valence-electron chi connectivity index (χ2n) is 4.94. The number of aryl methyl sites for hydroxylation is 1. The minimum absolute atomic E-state index is 0.137. The van der Waals surface area contributed by atoms with Gasteiger partial charge in [-0.25, -0.2) is 0 Å². The second kappa shape index (κ2) is 6.93. The lowest BCUT2D eigenvalue weighted by Crippen LogP contribution is -2.15. The minimum Gasteiger partial charge on any atom is -0.324 e. The van der Waals surface area contributed by atoms with Crippen LogP contribution in [0.4, 0.5) is 0 Å². The summed E-state index contributed by atoms with van der Waals surface area (Å²) in [6.07, 6.45) is 5.24. The van der Waals surface area contributed by atoms with Crippen molar-refractivity contribution in [3.63, 3.8) is 0 Å². The first-order valence-corrected chi connectivity index (χ1v) is 7.49. The van der Waals surface area contributed by atoms with E-state index in [1.54, 1.807) is 0 Å². The van der Waals surface area contributed by atoms with Gasteiger partial charge in [0, 0.05) is 17.3 Å². The predicted octanol–water partition coefficient (Wildman–Crippen LogP) is 3.78. The Morgan fingerprint density at radius 1 is 1.00 bits per heavy atom. The van der Waals surface area contributed by atoms with Crippen LogP contribution in [0.1, 0.15) is 82.9 Å². The zero-order valence-corrected chi connectivity index (χ0v) is 12.7. The molecule has 0 bridgehead atoms. The number of aromatic nitrogens is 2. The Bertz CT molecular complexity index is 364. The maximum absolute atomic E-state index is 6.29. The average Bonchev–Trinajstić information content (AvgIpc) is 2.77. The third-order valence-corrected chi connectivity index (χ3v) is 3.90. The smallest absolute Gasteiger partial charge is 0.0672 e. The SMILES string of the molecule is CCc1nn(C(CC)CC)c(CC)c1C(N)CC. The highest BCUT2D eigenvalue weighted by molar-refractivity contribution is 5.30. The van der Waals surface area contributed by atoms with Crippen molar-refractivity contribution in [1.82, 2.24) is 9.78 Å². The highest BCUT2D eigenvalue weighted by atomic mass is 15.3. The van der Waals surface area contributed by atoms with Crippen LogP contribution >= 0.6 is 0 Å². The molecule has 0 aromatic carbocycles. The Balaban J connectivity index is 3.32. The summed E-state index contributed by atoms with van der Waals surface area (Å²) in [5.74, 6) is 0. The first-order chi connectivity index (χ1) is 8.64. The van der Waals surface area contributed by atoms with Crippen LogP contribution < -0.4 is 5.73 Å². The van der Waals surface area contributed by atoms with Gasteiger partial charge in [-0.05, 0) is 32.1 Å². The van der Waals surface area contributed by atoms with E-state index in [4.69, 9.17) is 10.8 Å². The molecule has 0 saturated carbocycles. The van der Waals surface area contributed by atoms with Crippen molar-refractivity contribution in [3.8, 4) is 0 Å². The van der Waals surface area contributed by atoms with Crippen LogP contribution in [0.3, 0.4) is 0 Å². The summed E-state index contributed by atoms with van der Waals surface area (Å²) in [5.41, 5.74) is 10.2. The van der Waals surface area contributed by atoms with Crippen molar-refractivity contribution in [2.24, 2.45) is 5.73 Å². The van der Waals surface area contributed by atoms with Crippen LogP contribution in [-0.4, -0.2) is 9.78 Å². The molecular formula is C15H29N3. The van der Waals surface area contributed by atoms with E-state index in [9.17, 15) is 0 Å². The van der Waals surface area contributed by atoms with Gasteiger partial charge in [0.15, 0.2) is 0 Å². The van der Waals surface area contributed by atoms with Crippen LogP contribution in [0.15, 0.2) is 0 Å². The van der Waals surface area contributed by atoms with Gasteiger partial charge < -0.3 is 5.73 Å². The fourth-order valence-electron chi connectivity index (χ4n) is 2.72. The van der Waals surface area contributed by atoms with Crippen molar-refractivity contribution in [2.45, 2.75) is 78.8 Å². The standard InChI is InChI=1S/C15H29N3/c1-6-11(7-2)18-14(10-5)15(12(16)8-3)13(9-4)17-18/h11-12H,6-10,16H2,1-5H3. The van der Waals surface area contributed by atoms with Gasteiger partial charge in [-0.15, -0.1) is 0 Å². The van der Waals surface area contributed by atoms with Crippen molar-refractivity contribution in [1.29, 1.82) is 0 Å². The molecule has 1 atom stereocenters. The Hall–Kier alpha value is -0.830. The van der Waals surface area contributed by atoms with Crippen molar-refractivity contribution < 1.29 is 0 Å². The van der Waals surface area contributed by atoms with E-state index in [-0.39, 0.29) is 6.04 Å². The highest BCUT2D eigenvalue weighted by Crippen LogP contribution is 2.28. The summed E-state index contributed by atoms with van der Waals surface area (Å²) in [7, 11) is 0. The lowest BCUT2D eigenvalue weighted by Gasteiger charge is -2.18. The molecular weight excluding hydrogens is 222 g/mol. The van der Waals surface area contributed by atoms with Crippen LogP contribution in [0.2, 0.25) is 0 Å². The summed E-state index contributed by atoms with van der Waals surface area (Å²) in [4.78, 5) is 0. The lowest BCUT2D eigenvalue weighted by atomic mass is 9.99. The lowest BCUT2D eigenvalue weighted by molar-refractivity contribution is 0.412. The normalized spacial score (nSPS) is 13.3. The molecule has 0 saturated heterocycles. The summed E-state index contributed by atoms with van der Waals surface area (Å²) >= 11 is 0. The molecule has 0 amide bonds. The Labute approximate surface area is 112 Å². The number of hydrogen-bond acceptors (Lipinski definition) is 2. The van der Waals surface area contributed by atoms with Gasteiger partial charge in [-0.2, -0.15) is 5.10 Å². The Morgan fingerprint density at radius 2 is 1.61 bits per heavy atom. The van der Waals surface area contributed by atoms with E-state index in [0.717, 1.165) is 32.1 Å². The molecule has 0 aliphatic rings. The van der Waals surface area contributed by atoms with Crippen molar-refractivity contribution in [2.75, 3.05) is 0 Å². The molecule has 1 aromatic heterocycles. The molecule has 0 aliphatic heterocycles. The van der Waals surface area contributed by atoms with Gasteiger partial charge in [0.05, 0.1) is 11.7 Å². The molecule has 18 heavy (non-hydrogen) atoms. The van der Waals surface area contributed by atoms with E-state index in [1.165, 1.54) is 17.0 Å². The van der Waals surface area contributed by atoms with Crippen LogP contribution in [-0.2, 0) is 12.8 Å². The molecule has 104 valence electrons. The fourth-order valence-corrected chi connectivity index (χ4v) is 2.72. The molecule has 0 aliphatic carbocycles. The molecule has 1 rings (SSSR count). The predicted molar refractivity (Wildman–Crippen MR) is 77.8 cm³/mol. The minimum atomic E-state index is 0.137. The Kier molecular flexibility index (Phi) is 5.86. The largest absolute Gasteiger partial charge is 0.324 e. The van der Waals surface area contributed by atoms with Gasteiger partial charge >= 0.3 is 0 Å².